The zero-order valence-corrected chi connectivity index (χ0v) is 15.5. The summed E-state index contributed by atoms with van der Waals surface area (Å²) in [6, 6.07) is 0. The molecule has 0 aliphatic heterocycles. The Bertz CT molecular complexity index is 840. The van der Waals surface area contributed by atoms with Crippen LogP contribution in [0.2, 0.25) is 0 Å². The van der Waals surface area contributed by atoms with E-state index >= 15 is 0 Å². The molecule has 1 aliphatic carbocycles. The number of methoxy groups -OCH3 is 1. The predicted molar refractivity (Wildman–Crippen MR) is 97.7 cm³/mol. The second-order valence-corrected chi connectivity index (χ2v) is 7.57. The summed E-state index contributed by atoms with van der Waals surface area (Å²) in [5, 5.41) is 10.1. The van der Waals surface area contributed by atoms with Gasteiger partial charge in [0.25, 0.3) is 5.56 Å². The van der Waals surface area contributed by atoms with E-state index in [2.05, 4.69) is 6.92 Å². The van der Waals surface area contributed by atoms with E-state index in [4.69, 9.17) is 9.72 Å². The summed E-state index contributed by atoms with van der Waals surface area (Å²) >= 11 is 1.49. The highest BCUT2D eigenvalue weighted by molar-refractivity contribution is 7.18. The number of rotatable bonds is 7. The molecule has 3 rings (SSSR count). The molecule has 0 aromatic carbocycles. The maximum Gasteiger partial charge on any atom is 0.311 e. The zero-order chi connectivity index (χ0) is 18.0. The molecule has 0 spiro atoms. The molecule has 1 unspecified atom stereocenters. The van der Waals surface area contributed by atoms with Crippen LogP contribution in [0.1, 0.15) is 54.8 Å². The van der Waals surface area contributed by atoms with Crippen molar-refractivity contribution in [2.45, 2.75) is 57.9 Å². The summed E-state index contributed by atoms with van der Waals surface area (Å²) in [4.78, 5) is 31.3. The van der Waals surface area contributed by atoms with Crippen molar-refractivity contribution < 1.29 is 14.6 Å². The SMILES string of the molecule is CCCCn1c(CCOC)nc2sc3c(c2c1=O)C(C(=O)O)CCC3. The fourth-order valence-electron chi connectivity index (χ4n) is 3.54. The third-order valence-corrected chi connectivity index (χ3v) is 5.97. The van der Waals surface area contributed by atoms with Gasteiger partial charge in [0, 0.05) is 25.0 Å². The maximum absolute atomic E-state index is 13.2. The highest BCUT2D eigenvalue weighted by Crippen LogP contribution is 2.40. The van der Waals surface area contributed by atoms with Crippen molar-refractivity contribution in [3.8, 4) is 0 Å². The van der Waals surface area contributed by atoms with Crippen molar-refractivity contribution in [3.05, 3.63) is 26.6 Å². The maximum atomic E-state index is 13.2. The Morgan fingerprint density at radius 3 is 2.96 bits per heavy atom. The van der Waals surface area contributed by atoms with E-state index in [1.807, 2.05) is 0 Å². The number of carboxylic acid groups (broad SMARTS) is 1. The number of thiophene rings is 1. The number of unbranched alkanes of at least 4 members (excludes halogenated alkanes) is 1. The van der Waals surface area contributed by atoms with Crippen LogP contribution in [0.3, 0.4) is 0 Å². The first kappa shape index (κ1) is 18.1. The summed E-state index contributed by atoms with van der Waals surface area (Å²) in [5.41, 5.74) is 0.634. The molecular weight excluding hydrogens is 340 g/mol. The Labute approximate surface area is 150 Å². The van der Waals surface area contributed by atoms with Gasteiger partial charge in [-0.1, -0.05) is 13.3 Å². The van der Waals surface area contributed by atoms with E-state index < -0.39 is 11.9 Å². The van der Waals surface area contributed by atoms with Gasteiger partial charge >= 0.3 is 5.97 Å². The van der Waals surface area contributed by atoms with Crippen molar-refractivity contribution >= 4 is 27.5 Å². The first-order valence-corrected chi connectivity index (χ1v) is 9.66. The molecule has 136 valence electrons. The number of aromatic nitrogens is 2. The van der Waals surface area contributed by atoms with Gasteiger partial charge in [-0.3, -0.25) is 14.2 Å². The monoisotopic (exact) mass is 364 g/mol. The molecular formula is C18H24N2O4S. The average Bonchev–Trinajstić information content (AvgIpc) is 2.97. The number of hydrogen-bond donors (Lipinski definition) is 1. The van der Waals surface area contributed by atoms with Crippen molar-refractivity contribution in [2.75, 3.05) is 13.7 Å². The van der Waals surface area contributed by atoms with Crippen LogP contribution in [0.15, 0.2) is 4.79 Å². The van der Waals surface area contributed by atoms with Crippen LogP contribution >= 0.6 is 11.3 Å². The van der Waals surface area contributed by atoms with Crippen LogP contribution in [0, 0.1) is 0 Å². The molecule has 1 N–H and O–H groups in total. The fourth-order valence-corrected chi connectivity index (χ4v) is 4.82. The molecule has 7 heteroatoms. The number of aliphatic carboxylic acids is 1. The third-order valence-electron chi connectivity index (χ3n) is 4.81. The smallest absolute Gasteiger partial charge is 0.311 e. The highest BCUT2D eigenvalue weighted by Gasteiger charge is 2.32. The normalized spacial score (nSPS) is 17.0. The van der Waals surface area contributed by atoms with Crippen molar-refractivity contribution in [1.82, 2.24) is 9.55 Å². The Morgan fingerprint density at radius 1 is 1.48 bits per heavy atom. The van der Waals surface area contributed by atoms with Crippen molar-refractivity contribution in [2.24, 2.45) is 0 Å². The predicted octanol–water partition coefficient (Wildman–Crippen LogP) is 2.95. The first-order chi connectivity index (χ1) is 12.1. The lowest BCUT2D eigenvalue weighted by atomic mass is 9.86. The van der Waals surface area contributed by atoms with Gasteiger partial charge in [-0.25, -0.2) is 4.98 Å². The Morgan fingerprint density at radius 2 is 2.28 bits per heavy atom. The topological polar surface area (TPSA) is 81.4 Å². The van der Waals surface area contributed by atoms with Gasteiger partial charge in [-0.05, 0) is 31.2 Å². The van der Waals surface area contributed by atoms with Crippen molar-refractivity contribution in [3.63, 3.8) is 0 Å². The largest absolute Gasteiger partial charge is 0.481 e. The third kappa shape index (κ3) is 3.35. The van der Waals surface area contributed by atoms with E-state index in [0.717, 1.165) is 41.9 Å². The van der Waals surface area contributed by atoms with Crippen LogP contribution < -0.4 is 5.56 Å². The van der Waals surface area contributed by atoms with Crippen LogP contribution in [0.5, 0.6) is 0 Å². The first-order valence-electron chi connectivity index (χ1n) is 8.85. The highest BCUT2D eigenvalue weighted by atomic mass is 32.1. The lowest BCUT2D eigenvalue weighted by Gasteiger charge is -2.19. The molecule has 1 aliphatic rings. The van der Waals surface area contributed by atoms with Gasteiger partial charge < -0.3 is 9.84 Å². The summed E-state index contributed by atoms with van der Waals surface area (Å²) < 4.78 is 6.88. The van der Waals surface area contributed by atoms with Crippen molar-refractivity contribution in [1.29, 1.82) is 0 Å². The zero-order valence-electron chi connectivity index (χ0n) is 14.7. The van der Waals surface area contributed by atoms with Gasteiger partial charge in [0.1, 0.15) is 10.7 Å². The standard InChI is InChI=1S/C18H24N2O4S/c1-3-4-9-20-13(8-10-24-2)19-16-15(17(20)21)14-11(18(22)23)6-5-7-12(14)25-16/h11H,3-10H2,1-2H3,(H,22,23). The molecule has 0 radical (unpaired) electrons. The summed E-state index contributed by atoms with van der Waals surface area (Å²) in [6.45, 7) is 3.20. The number of fused-ring (bicyclic) bond motifs is 3. The molecule has 0 amide bonds. The molecule has 0 bridgehead atoms. The van der Waals surface area contributed by atoms with Gasteiger partial charge in [0.15, 0.2) is 0 Å². The number of aryl methyl sites for hydroxylation is 1. The molecule has 2 heterocycles. The second kappa shape index (κ2) is 7.66. The minimum atomic E-state index is -0.844. The molecule has 0 saturated carbocycles. The van der Waals surface area contributed by atoms with Crippen LogP contribution in [-0.4, -0.2) is 34.3 Å². The lowest BCUT2D eigenvalue weighted by Crippen LogP contribution is -2.27. The van der Waals surface area contributed by atoms with Gasteiger partial charge in [-0.15, -0.1) is 11.3 Å². The van der Waals surface area contributed by atoms with Gasteiger partial charge in [0.05, 0.1) is 17.9 Å². The minimum Gasteiger partial charge on any atom is -0.481 e. The molecule has 6 nitrogen and oxygen atoms in total. The van der Waals surface area contributed by atoms with Crippen LogP contribution in [-0.2, 0) is 28.9 Å². The van der Waals surface area contributed by atoms with E-state index in [1.54, 1.807) is 11.7 Å². The van der Waals surface area contributed by atoms with Crippen LogP contribution in [0.4, 0.5) is 0 Å². The number of ether oxygens (including phenoxy) is 1. The second-order valence-electron chi connectivity index (χ2n) is 6.48. The molecule has 25 heavy (non-hydrogen) atoms. The molecule has 2 aromatic heterocycles. The minimum absolute atomic E-state index is 0.0878. The van der Waals surface area contributed by atoms with E-state index in [1.165, 1.54) is 11.3 Å². The Hall–Kier alpha value is -1.73. The number of carboxylic acids is 1. The van der Waals surface area contributed by atoms with E-state index in [-0.39, 0.29) is 5.56 Å². The Kier molecular flexibility index (Phi) is 5.54. The van der Waals surface area contributed by atoms with Gasteiger partial charge in [0.2, 0.25) is 0 Å². The summed E-state index contributed by atoms with van der Waals surface area (Å²) in [5.74, 6) is -0.696. The summed E-state index contributed by atoms with van der Waals surface area (Å²) in [7, 11) is 1.63. The number of nitrogens with zero attached hydrogens (tertiary/aromatic N) is 2. The lowest BCUT2D eigenvalue weighted by molar-refractivity contribution is -0.139. The van der Waals surface area contributed by atoms with Gasteiger partial charge in [-0.2, -0.15) is 0 Å². The quantitative estimate of drug-likeness (QED) is 0.817. The number of carbonyl (C=O) groups is 1. The average molecular weight is 364 g/mol. The molecule has 0 fully saturated rings. The fraction of sp³-hybridized carbons (Fsp3) is 0.611. The number of hydrogen-bond acceptors (Lipinski definition) is 5. The Balaban J connectivity index is 2.21. The molecule has 2 aromatic rings. The molecule has 0 saturated heterocycles. The van der Waals surface area contributed by atoms with E-state index in [0.29, 0.717) is 36.2 Å². The summed E-state index contributed by atoms with van der Waals surface area (Å²) in [6.07, 6.45) is 4.72. The van der Waals surface area contributed by atoms with Crippen LogP contribution in [0.25, 0.3) is 10.2 Å². The van der Waals surface area contributed by atoms with E-state index in [9.17, 15) is 14.7 Å². The molecule has 1 atom stereocenters.